The maximum atomic E-state index is 10.8. The number of nitroso groups, excluding NO2 is 1. The van der Waals surface area contributed by atoms with Crippen LogP contribution >= 0.6 is 0 Å². The molecular weight excluding hydrogens is 380 g/mol. The molecule has 2 aromatic carbocycles. The minimum atomic E-state index is -0.150. The fourth-order valence-electron chi connectivity index (χ4n) is 3.24. The molecule has 0 saturated carbocycles. The molecule has 2 rings (SSSR count). The lowest BCUT2D eigenvalue weighted by Gasteiger charge is -2.28. The maximum absolute atomic E-state index is 10.8. The second-order valence-corrected chi connectivity index (χ2v) is 9.56. The zero-order chi connectivity index (χ0) is 22.5. The predicted molar refractivity (Wildman–Crippen MR) is 119 cm³/mol. The topological polar surface area (TPSA) is 71.4 Å². The van der Waals surface area contributed by atoms with Gasteiger partial charge in [-0.3, -0.25) is 4.84 Å². The molecule has 164 valence electrons. The van der Waals surface area contributed by atoms with Crippen molar-refractivity contribution in [3.05, 3.63) is 63.6 Å². The van der Waals surface area contributed by atoms with Crippen molar-refractivity contribution in [2.24, 2.45) is 5.29 Å². The van der Waals surface area contributed by atoms with E-state index in [-0.39, 0.29) is 17.4 Å². The summed E-state index contributed by atoms with van der Waals surface area (Å²) >= 11 is 0. The Hall–Kier alpha value is -2.60. The highest BCUT2D eigenvalue weighted by atomic mass is 16.7. The monoisotopic (exact) mass is 414 g/mol. The van der Waals surface area contributed by atoms with E-state index in [0.717, 1.165) is 39.6 Å². The van der Waals surface area contributed by atoms with E-state index in [2.05, 4.69) is 59.0 Å². The number of hydrogen-bond acceptors (Lipinski definition) is 5. The average molecular weight is 415 g/mol. The third kappa shape index (κ3) is 6.20. The smallest absolute Gasteiger partial charge is 0.123 e. The molecule has 0 amide bonds. The first-order chi connectivity index (χ1) is 14.0. The Morgan fingerprint density at radius 3 is 1.90 bits per heavy atom. The number of rotatable bonds is 8. The van der Waals surface area contributed by atoms with Crippen LogP contribution in [0.3, 0.4) is 0 Å². The zero-order valence-corrected chi connectivity index (χ0v) is 19.2. The van der Waals surface area contributed by atoms with Crippen molar-refractivity contribution < 1.29 is 14.7 Å². The molecule has 0 unspecified atom stereocenters. The number of ether oxygens (including phenoxy) is 1. The first kappa shape index (κ1) is 23.7. The number of hydroxylamine groups is 1. The molecule has 0 aliphatic rings. The molecule has 0 bridgehead atoms. The molecule has 0 saturated heterocycles. The quantitative estimate of drug-likeness (QED) is 0.446. The van der Waals surface area contributed by atoms with Gasteiger partial charge in [0.05, 0.1) is 25.5 Å². The second kappa shape index (κ2) is 9.47. The van der Waals surface area contributed by atoms with Gasteiger partial charge in [-0.1, -0.05) is 65.8 Å². The molecule has 0 aromatic heterocycles. The number of phenolic OH excluding ortho intramolecular Hbond substituents is 1. The van der Waals surface area contributed by atoms with Crippen LogP contribution in [0.25, 0.3) is 0 Å². The van der Waals surface area contributed by atoms with Crippen molar-refractivity contribution in [3.8, 4) is 11.5 Å². The van der Waals surface area contributed by atoms with E-state index in [9.17, 15) is 10.0 Å². The normalized spacial score (nSPS) is 12.0. The molecular formula is C24H34N2O4. The highest BCUT2D eigenvalue weighted by molar-refractivity contribution is 5.50. The molecule has 0 spiro atoms. The van der Waals surface area contributed by atoms with Crippen LogP contribution in [0.1, 0.15) is 63.8 Å². The van der Waals surface area contributed by atoms with Crippen LogP contribution in [-0.2, 0) is 28.6 Å². The highest BCUT2D eigenvalue weighted by Gasteiger charge is 2.26. The summed E-state index contributed by atoms with van der Waals surface area (Å²) in [5.74, 6) is 1.15. The highest BCUT2D eigenvalue weighted by Crippen LogP contribution is 2.39. The van der Waals surface area contributed by atoms with Gasteiger partial charge in [-0.2, -0.15) is 0 Å². The Balaban J connectivity index is 2.09. The van der Waals surface area contributed by atoms with E-state index >= 15 is 0 Å². The summed E-state index contributed by atoms with van der Waals surface area (Å²) in [6, 6.07) is 11.7. The lowest BCUT2D eigenvalue weighted by Crippen LogP contribution is -2.18. The van der Waals surface area contributed by atoms with Gasteiger partial charge in [0.15, 0.2) is 0 Å². The molecule has 30 heavy (non-hydrogen) atoms. The van der Waals surface area contributed by atoms with Gasteiger partial charge in [-0.25, -0.2) is 0 Å². The van der Waals surface area contributed by atoms with E-state index in [1.54, 1.807) is 0 Å². The first-order valence-electron chi connectivity index (χ1n) is 10.2. The lowest BCUT2D eigenvalue weighted by molar-refractivity contribution is -0.140. The van der Waals surface area contributed by atoms with E-state index in [4.69, 9.17) is 9.57 Å². The van der Waals surface area contributed by atoms with E-state index < -0.39 is 0 Å². The van der Waals surface area contributed by atoms with Crippen molar-refractivity contribution in [2.45, 2.75) is 65.3 Å². The fourth-order valence-corrected chi connectivity index (χ4v) is 3.24. The second-order valence-electron chi connectivity index (χ2n) is 9.56. The molecule has 0 radical (unpaired) electrons. The van der Waals surface area contributed by atoms with Crippen LogP contribution in [0.15, 0.2) is 41.7 Å². The van der Waals surface area contributed by atoms with Crippen molar-refractivity contribution in [3.63, 3.8) is 0 Å². The zero-order valence-electron chi connectivity index (χ0n) is 19.2. The SMILES string of the molecule is CON(Cc1ccc(OCCc2cc(C(C)(C)C)c(O)c(C(C)(C)C)c2)cc1)N=O. The summed E-state index contributed by atoms with van der Waals surface area (Å²) in [5.41, 5.74) is 3.66. The minimum absolute atomic E-state index is 0.150. The van der Waals surface area contributed by atoms with Crippen LogP contribution in [0.4, 0.5) is 0 Å². The Morgan fingerprint density at radius 1 is 0.933 bits per heavy atom. The Bertz CT molecular complexity index is 814. The summed E-state index contributed by atoms with van der Waals surface area (Å²) in [7, 11) is 1.40. The van der Waals surface area contributed by atoms with Crippen LogP contribution < -0.4 is 4.74 Å². The molecule has 0 fully saturated rings. The maximum Gasteiger partial charge on any atom is 0.123 e. The summed E-state index contributed by atoms with van der Waals surface area (Å²) in [5, 5.41) is 14.6. The third-order valence-electron chi connectivity index (χ3n) is 4.99. The van der Waals surface area contributed by atoms with Gasteiger partial charge in [0.2, 0.25) is 0 Å². The number of benzene rings is 2. The van der Waals surface area contributed by atoms with Gasteiger partial charge >= 0.3 is 0 Å². The van der Waals surface area contributed by atoms with E-state index in [1.807, 2.05) is 24.3 Å². The molecule has 2 aromatic rings. The Morgan fingerprint density at radius 2 is 1.47 bits per heavy atom. The molecule has 1 N–H and O–H groups in total. The van der Waals surface area contributed by atoms with Crippen LogP contribution in [0, 0.1) is 4.91 Å². The lowest BCUT2D eigenvalue weighted by atomic mass is 9.78. The van der Waals surface area contributed by atoms with E-state index in [1.165, 1.54) is 7.11 Å². The number of hydrogen-bond donors (Lipinski definition) is 1. The number of phenols is 1. The van der Waals surface area contributed by atoms with Crippen LogP contribution in [0.2, 0.25) is 0 Å². The minimum Gasteiger partial charge on any atom is -0.507 e. The summed E-state index contributed by atoms with van der Waals surface area (Å²) < 4.78 is 5.91. The molecule has 0 aliphatic carbocycles. The van der Waals surface area contributed by atoms with Crippen LogP contribution in [-0.4, -0.2) is 24.0 Å². The van der Waals surface area contributed by atoms with Crippen LogP contribution in [0.5, 0.6) is 11.5 Å². The first-order valence-corrected chi connectivity index (χ1v) is 10.2. The standard InChI is InChI=1S/C24H34N2O4/c1-23(2,3)20-14-18(15-21(22(20)27)24(4,5)6)12-13-30-19-10-8-17(9-11-19)16-26(25-28)29-7/h8-11,14-15,27H,12-13,16H2,1-7H3. The van der Waals surface area contributed by atoms with Gasteiger partial charge in [-0.15, -0.1) is 10.1 Å². The van der Waals surface area contributed by atoms with Crippen molar-refractivity contribution in [1.29, 1.82) is 0 Å². The Kier molecular flexibility index (Phi) is 7.48. The molecule has 0 heterocycles. The molecule has 6 heteroatoms. The van der Waals surface area contributed by atoms with Gasteiger partial charge in [0.1, 0.15) is 11.5 Å². The van der Waals surface area contributed by atoms with Gasteiger partial charge in [0.25, 0.3) is 0 Å². The summed E-state index contributed by atoms with van der Waals surface area (Å²) in [6.45, 7) is 13.5. The van der Waals surface area contributed by atoms with Gasteiger partial charge < -0.3 is 9.84 Å². The third-order valence-corrected chi connectivity index (χ3v) is 4.99. The average Bonchev–Trinajstić information content (AvgIpc) is 2.66. The molecule has 6 nitrogen and oxygen atoms in total. The molecule has 0 aliphatic heterocycles. The van der Waals surface area contributed by atoms with Gasteiger partial charge in [-0.05, 0) is 45.2 Å². The van der Waals surface area contributed by atoms with Crippen molar-refractivity contribution in [2.75, 3.05) is 13.7 Å². The van der Waals surface area contributed by atoms with Crippen molar-refractivity contribution >= 4 is 0 Å². The number of nitrogens with zero attached hydrogens (tertiary/aromatic N) is 2. The Labute approximate surface area is 179 Å². The summed E-state index contributed by atoms with van der Waals surface area (Å²) in [6.07, 6.45) is 0.737. The predicted octanol–water partition coefficient (Wildman–Crippen LogP) is 5.65. The summed E-state index contributed by atoms with van der Waals surface area (Å²) in [4.78, 5) is 15.4. The number of aromatic hydroxyl groups is 1. The largest absolute Gasteiger partial charge is 0.507 e. The fraction of sp³-hybridized carbons (Fsp3) is 0.500. The molecule has 0 atom stereocenters. The van der Waals surface area contributed by atoms with E-state index in [0.29, 0.717) is 12.4 Å². The van der Waals surface area contributed by atoms with Crippen molar-refractivity contribution in [1.82, 2.24) is 5.17 Å². The van der Waals surface area contributed by atoms with Gasteiger partial charge in [0, 0.05) is 6.42 Å².